The van der Waals surface area contributed by atoms with Crippen molar-refractivity contribution in [3.8, 4) is 0 Å². The fraction of sp³-hybridized carbons (Fsp3) is 0.833. The summed E-state index contributed by atoms with van der Waals surface area (Å²) >= 11 is 0. The Morgan fingerprint density at radius 3 is 2.35 bits per heavy atom. The van der Waals surface area contributed by atoms with Crippen molar-refractivity contribution in [3.05, 3.63) is 0 Å². The van der Waals surface area contributed by atoms with Crippen molar-refractivity contribution in [2.24, 2.45) is 5.41 Å². The third-order valence-corrected chi connectivity index (χ3v) is 4.29. The normalized spacial score (nSPS) is 30.9. The van der Waals surface area contributed by atoms with Crippen molar-refractivity contribution in [2.45, 2.75) is 38.4 Å². The maximum absolute atomic E-state index is 13.0. The molecule has 2 aliphatic heterocycles. The Bertz CT molecular complexity index is 427. The van der Waals surface area contributed by atoms with Gasteiger partial charge in [0.25, 0.3) is 0 Å². The fourth-order valence-electron chi connectivity index (χ4n) is 2.90. The number of halogens is 3. The van der Waals surface area contributed by atoms with Crippen LogP contribution in [0, 0.1) is 5.41 Å². The van der Waals surface area contributed by atoms with Gasteiger partial charge in [-0.15, -0.1) is 0 Å². The highest BCUT2D eigenvalue weighted by atomic mass is 19.4. The minimum absolute atomic E-state index is 0.00628. The molecule has 2 rings (SSSR count). The first-order chi connectivity index (χ1) is 9.19. The molecule has 114 valence electrons. The number of alkyl halides is 3. The van der Waals surface area contributed by atoms with Crippen LogP contribution in [-0.2, 0) is 4.79 Å². The molecule has 0 aromatic carbocycles. The molecule has 2 aliphatic rings. The van der Waals surface area contributed by atoms with Crippen molar-refractivity contribution in [2.75, 3.05) is 19.6 Å². The number of carboxylic acid groups (broad SMARTS) is 1. The molecule has 5 nitrogen and oxygen atoms in total. The summed E-state index contributed by atoms with van der Waals surface area (Å²) in [6, 6.07) is -0.490. The summed E-state index contributed by atoms with van der Waals surface area (Å²) < 4.78 is 39.1. The van der Waals surface area contributed by atoms with Gasteiger partial charge in [0.05, 0.1) is 0 Å². The molecule has 0 saturated carbocycles. The van der Waals surface area contributed by atoms with Gasteiger partial charge in [0.1, 0.15) is 0 Å². The van der Waals surface area contributed by atoms with Crippen LogP contribution in [0.25, 0.3) is 0 Å². The van der Waals surface area contributed by atoms with E-state index in [1.165, 1.54) is 4.90 Å². The summed E-state index contributed by atoms with van der Waals surface area (Å²) in [6.45, 7) is 1.39. The fourth-order valence-corrected chi connectivity index (χ4v) is 2.90. The van der Waals surface area contributed by atoms with Gasteiger partial charge < -0.3 is 14.9 Å². The van der Waals surface area contributed by atoms with E-state index in [0.29, 0.717) is 6.54 Å². The first-order valence-corrected chi connectivity index (χ1v) is 6.55. The number of carbonyl (C=O) groups excluding carboxylic acids is 1. The molecule has 0 radical (unpaired) electrons. The SMILES string of the molecule is CC1CCCN1C(=O)N1CCC(C(=O)O)(C(F)(F)F)C1. The van der Waals surface area contributed by atoms with Gasteiger partial charge in [-0.1, -0.05) is 0 Å². The van der Waals surface area contributed by atoms with Gasteiger partial charge in [-0.25, -0.2) is 4.79 Å². The Labute approximate surface area is 114 Å². The molecular formula is C12H17F3N2O3. The molecule has 2 unspecified atom stereocenters. The van der Waals surface area contributed by atoms with E-state index in [1.807, 2.05) is 6.92 Å². The molecule has 20 heavy (non-hydrogen) atoms. The molecule has 0 aromatic heterocycles. The number of likely N-dealkylation sites (tertiary alicyclic amines) is 2. The maximum atomic E-state index is 13.0. The van der Waals surface area contributed by atoms with E-state index in [1.54, 1.807) is 0 Å². The van der Waals surface area contributed by atoms with Crippen molar-refractivity contribution in [1.82, 2.24) is 9.80 Å². The predicted molar refractivity (Wildman–Crippen MR) is 63.1 cm³/mol. The average molecular weight is 294 g/mol. The van der Waals surface area contributed by atoms with E-state index >= 15 is 0 Å². The second-order valence-corrected chi connectivity index (χ2v) is 5.52. The molecule has 2 amide bonds. The highest BCUT2D eigenvalue weighted by Crippen LogP contribution is 2.46. The van der Waals surface area contributed by atoms with Crippen LogP contribution in [0.2, 0.25) is 0 Å². The summed E-state index contributed by atoms with van der Waals surface area (Å²) in [5, 5.41) is 8.94. The number of hydrogen-bond acceptors (Lipinski definition) is 2. The van der Waals surface area contributed by atoms with E-state index in [0.717, 1.165) is 17.7 Å². The zero-order chi connectivity index (χ0) is 15.1. The molecular weight excluding hydrogens is 277 g/mol. The third-order valence-electron chi connectivity index (χ3n) is 4.29. The smallest absolute Gasteiger partial charge is 0.406 e. The number of amides is 2. The largest absolute Gasteiger partial charge is 0.481 e. The Hall–Kier alpha value is -1.47. The van der Waals surface area contributed by atoms with Crippen LogP contribution in [-0.4, -0.2) is 58.8 Å². The lowest BCUT2D eigenvalue weighted by Gasteiger charge is -2.30. The minimum atomic E-state index is -4.86. The van der Waals surface area contributed by atoms with Crippen LogP contribution >= 0.6 is 0 Å². The van der Waals surface area contributed by atoms with Gasteiger partial charge in [0, 0.05) is 25.7 Å². The van der Waals surface area contributed by atoms with Gasteiger partial charge in [-0.3, -0.25) is 4.79 Å². The lowest BCUT2D eigenvalue weighted by molar-refractivity contribution is -0.227. The van der Waals surface area contributed by atoms with Crippen molar-refractivity contribution in [1.29, 1.82) is 0 Å². The minimum Gasteiger partial charge on any atom is -0.481 e. The number of hydrogen-bond donors (Lipinski definition) is 1. The van der Waals surface area contributed by atoms with E-state index in [4.69, 9.17) is 5.11 Å². The number of carboxylic acids is 1. The van der Waals surface area contributed by atoms with Gasteiger partial charge in [0.15, 0.2) is 5.41 Å². The summed E-state index contributed by atoms with van der Waals surface area (Å²) in [5.41, 5.74) is -2.83. The molecule has 2 fully saturated rings. The molecule has 2 heterocycles. The third kappa shape index (κ3) is 2.20. The summed E-state index contributed by atoms with van der Waals surface area (Å²) in [7, 11) is 0. The van der Waals surface area contributed by atoms with Gasteiger partial charge in [-0.05, 0) is 26.2 Å². The van der Waals surface area contributed by atoms with Crippen LogP contribution in [0.5, 0.6) is 0 Å². The zero-order valence-corrected chi connectivity index (χ0v) is 11.1. The van der Waals surface area contributed by atoms with Gasteiger partial charge in [0.2, 0.25) is 0 Å². The molecule has 2 atom stereocenters. The highest BCUT2D eigenvalue weighted by Gasteiger charge is 2.64. The van der Waals surface area contributed by atoms with Gasteiger partial charge >= 0.3 is 18.2 Å². The van der Waals surface area contributed by atoms with Crippen LogP contribution in [0.4, 0.5) is 18.0 Å². The Kier molecular flexibility index (Phi) is 3.60. The molecule has 8 heteroatoms. The Balaban J connectivity index is 2.15. The van der Waals surface area contributed by atoms with Gasteiger partial charge in [-0.2, -0.15) is 13.2 Å². The number of rotatable bonds is 1. The molecule has 0 aromatic rings. The molecule has 0 bridgehead atoms. The number of aliphatic carboxylic acids is 1. The van der Waals surface area contributed by atoms with Crippen LogP contribution in [0.1, 0.15) is 26.2 Å². The molecule has 0 spiro atoms. The molecule has 0 aliphatic carbocycles. The average Bonchev–Trinajstić information content (AvgIpc) is 2.93. The van der Waals surface area contributed by atoms with Crippen LogP contribution in [0.3, 0.4) is 0 Å². The molecule has 1 N–H and O–H groups in total. The molecule has 2 saturated heterocycles. The summed E-state index contributed by atoms with van der Waals surface area (Å²) in [4.78, 5) is 25.8. The number of urea groups is 1. The summed E-state index contributed by atoms with van der Waals surface area (Å²) in [5.74, 6) is -1.91. The van der Waals surface area contributed by atoms with E-state index in [9.17, 15) is 22.8 Å². The Morgan fingerprint density at radius 1 is 1.30 bits per heavy atom. The van der Waals surface area contributed by atoms with Crippen molar-refractivity contribution >= 4 is 12.0 Å². The first-order valence-electron chi connectivity index (χ1n) is 6.55. The summed E-state index contributed by atoms with van der Waals surface area (Å²) in [6.07, 6.45) is -3.79. The Morgan fingerprint density at radius 2 is 1.95 bits per heavy atom. The zero-order valence-electron chi connectivity index (χ0n) is 11.1. The van der Waals surface area contributed by atoms with Crippen molar-refractivity contribution < 1.29 is 27.9 Å². The van der Waals surface area contributed by atoms with E-state index < -0.39 is 36.6 Å². The standard InChI is InChI=1S/C12H17F3N2O3/c1-8-3-2-5-17(8)10(20)16-6-4-11(7-16,9(18)19)12(13,14)15/h8H,2-7H2,1H3,(H,18,19). The maximum Gasteiger partial charge on any atom is 0.406 e. The second-order valence-electron chi connectivity index (χ2n) is 5.52. The monoisotopic (exact) mass is 294 g/mol. The lowest BCUT2D eigenvalue weighted by atomic mass is 9.86. The number of nitrogens with zero attached hydrogens (tertiary/aromatic N) is 2. The lowest BCUT2D eigenvalue weighted by Crippen LogP contribution is -2.50. The van der Waals surface area contributed by atoms with E-state index in [2.05, 4.69) is 0 Å². The van der Waals surface area contributed by atoms with E-state index in [-0.39, 0.29) is 12.6 Å². The van der Waals surface area contributed by atoms with Crippen LogP contribution in [0.15, 0.2) is 0 Å². The van der Waals surface area contributed by atoms with Crippen molar-refractivity contribution in [3.63, 3.8) is 0 Å². The van der Waals surface area contributed by atoms with Crippen LogP contribution < -0.4 is 0 Å². The topological polar surface area (TPSA) is 60.9 Å². The quantitative estimate of drug-likeness (QED) is 0.804. The second kappa shape index (κ2) is 4.82. The number of carbonyl (C=O) groups is 2. The first kappa shape index (κ1) is 14.9. The predicted octanol–water partition coefficient (Wildman–Crippen LogP) is 1.93. The highest BCUT2D eigenvalue weighted by molar-refractivity contribution is 5.80.